The maximum atomic E-state index is 13.8. The maximum absolute atomic E-state index is 13.8. The molecule has 2 aromatic rings. The van der Waals surface area contributed by atoms with E-state index in [1.165, 1.54) is 6.07 Å². The molecule has 6 heteroatoms. The van der Waals surface area contributed by atoms with Crippen molar-refractivity contribution in [3.05, 3.63) is 42.2 Å². The van der Waals surface area contributed by atoms with E-state index in [1.54, 1.807) is 38.6 Å². The van der Waals surface area contributed by atoms with Gasteiger partial charge in [0.25, 0.3) is 0 Å². The molecule has 0 N–H and O–H groups in total. The van der Waals surface area contributed by atoms with E-state index < -0.39 is 0 Å². The molecule has 0 saturated carbocycles. The number of oxazole rings is 1. The lowest BCUT2D eigenvalue weighted by Crippen LogP contribution is -2.32. The molecule has 1 aliphatic rings. The largest absolute Gasteiger partial charge is 0.439 e. The number of hydrogen-bond donors (Lipinski definition) is 0. The van der Waals surface area contributed by atoms with Crippen LogP contribution < -0.4 is 0 Å². The van der Waals surface area contributed by atoms with E-state index in [9.17, 15) is 4.39 Å². The number of hydrogen-bond acceptors (Lipinski definition) is 5. The molecule has 1 aromatic carbocycles. The third-order valence-corrected chi connectivity index (χ3v) is 4.21. The van der Waals surface area contributed by atoms with E-state index in [0.29, 0.717) is 30.4 Å². The monoisotopic (exact) mass is 320 g/mol. The van der Waals surface area contributed by atoms with Crippen LogP contribution in [0.3, 0.4) is 0 Å². The van der Waals surface area contributed by atoms with Gasteiger partial charge < -0.3 is 13.9 Å². The fourth-order valence-electron chi connectivity index (χ4n) is 3.01. The number of nitrogens with zero attached hydrogens (tertiary/aromatic N) is 2. The molecule has 23 heavy (non-hydrogen) atoms. The Morgan fingerprint density at radius 2 is 2.17 bits per heavy atom. The first-order valence-electron chi connectivity index (χ1n) is 7.66. The predicted molar refractivity (Wildman–Crippen MR) is 83.4 cm³/mol. The van der Waals surface area contributed by atoms with Gasteiger partial charge in [-0.3, -0.25) is 4.90 Å². The van der Waals surface area contributed by atoms with Crippen LogP contribution in [0.5, 0.6) is 0 Å². The number of methoxy groups -OCH3 is 2. The quantitative estimate of drug-likeness (QED) is 0.819. The van der Waals surface area contributed by atoms with Crippen molar-refractivity contribution in [2.75, 3.05) is 27.4 Å². The normalized spacial score (nSPS) is 21.9. The summed E-state index contributed by atoms with van der Waals surface area (Å²) in [5, 5.41) is 0. The number of halogens is 1. The molecule has 0 aliphatic carbocycles. The van der Waals surface area contributed by atoms with Crippen LogP contribution in [-0.4, -0.2) is 49.4 Å². The highest BCUT2D eigenvalue weighted by molar-refractivity contribution is 5.56. The summed E-state index contributed by atoms with van der Waals surface area (Å²) in [7, 11) is 3.42. The van der Waals surface area contributed by atoms with Crippen LogP contribution in [0.25, 0.3) is 11.3 Å². The Kier molecular flexibility index (Phi) is 5.05. The van der Waals surface area contributed by atoms with E-state index in [2.05, 4.69) is 9.88 Å². The molecule has 5 nitrogen and oxygen atoms in total. The Morgan fingerprint density at radius 1 is 1.35 bits per heavy atom. The van der Waals surface area contributed by atoms with Gasteiger partial charge in [-0.15, -0.1) is 0 Å². The number of ether oxygens (including phenoxy) is 2. The van der Waals surface area contributed by atoms with Crippen molar-refractivity contribution in [1.29, 1.82) is 0 Å². The summed E-state index contributed by atoms with van der Waals surface area (Å²) in [6.45, 7) is 2.00. The number of aromatic nitrogens is 1. The van der Waals surface area contributed by atoms with E-state index in [-0.39, 0.29) is 18.0 Å². The van der Waals surface area contributed by atoms with Crippen LogP contribution in [0.1, 0.15) is 12.3 Å². The molecule has 1 aliphatic heterocycles. The third kappa shape index (κ3) is 3.60. The van der Waals surface area contributed by atoms with Crippen molar-refractivity contribution >= 4 is 0 Å². The zero-order valence-corrected chi connectivity index (χ0v) is 13.4. The van der Waals surface area contributed by atoms with Crippen LogP contribution in [0.2, 0.25) is 0 Å². The topological polar surface area (TPSA) is 47.7 Å². The Bertz CT molecular complexity index is 646. The second kappa shape index (κ2) is 7.21. The van der Waals surface area contributed by atoms with Gasteiger partial charge in [-0.1, -0.05) is 12.1 Å². The summed E-state index contributed by atoms with van der Waals surface area (Å²) in [6.07, 6.45) is 2.69. The van der Waals surface area contributed by atoms with Gasteiger partial charge in [0.15, 0.2) is 5.76 Å². The summed E-state index contributed by atoms with van der Waals surface area (Å²) in [5.74, 6) is 0.707. The molecular formula is C17H21FN2O3. The molecule has 2 atom stereocenters. The second-order valence-electron chi connectivity index (χ2n) is 5.73. The van der Waals surface area contributed by atoms with Crippen molar-refractivity contribution in [2.24, 2.45) is 0 Å². The maximum Gasteiger partial charge on any atom is 0.209 e. The van der Waals surface area contributed by atoms with Gasteiger partial charge in [-0.05, 0) is 18.6 Å². The lowest BCUT2D eigenvalue weighted by molar-refractivity contribution is 0.102. The average molecular weight is 320 g/mol. The van der Waals surface area contributed by atoms with Gasteiger partial charge in [0.1, 0.15) is 5.82 Å². The van der Waals surface area contributed by atoms with E-state index in [0.717, 1.165) is 13.0 Å². The third-order valence-electron chi connectivity index (χ3n) is 4.21. The highest BCUT2D eigenvalue weighted by Crippen LogP contribution is 2.26. The second-order valence-corrected chi connectivity index (χ2v) is 5.73. The highest BCUT2D eigenvalue weighted by atomic mass is 19.1. The number of likely N-dealkylation sites (tertiary alicyclic amines) is 1. The summed E-state index contributed by atoms with van der Waals surface area (Å²) in [4.78, 5) is 6.52. The van der Waals surface area contributed by atoms with Gasteiger partial charge in [0.05, 0.1) is 31.0 Å². The summed E-state index contributed by atoms with van der Waals surface area (Å²) >= 11 is 0. The minimum atomic E-state index is -0.312. The summed E-state index contributed by atoms with van der Waals surface area (Å²) in [6, 6.07) is 6.80. The smallest absolute Gasteiger partial charge is 0.209 e. The summed E-state index contributed by atoms with van der Waals surface area (Å²) in [5.41, 5.74) is 0.427. The first kappa shape index (κ1) is 16.1. The van der Waals surface area contributed by atoms with Crippen molar-refractivity contribution in [3.63, 3.8) is 0 Å². The number of benzene rings is 1. The van der Waals surface area contributed by atoms with Gasteiger partial charge in [0.2, 0.25) is 5.89 Å². The molecule has 1 aromatic heterocycles. The van der Waals surface area contributed by atoms with E-state index >= 15 is 0 Å². The molecule has 3 rings (SSSR count). The molecular weight excluding hydrogens is 299 g/mol. The van der Waals surface area contributed by atoms with Crippen molar-refractivity contribution in [1.82, 2.24) is 9.88 Å². The van der Waals surface area contributed by atoms with Gasteiger partial charge in [0, 0.05) is 26.8 Å². The Morgan fingerprint density at radius 3 is 2.91 bits per heavy atom. The zero-order valence-electron chi connectivity index (χ0n) is 13.4. The van der Waals surface area contributed by atoms with Crippen LogP contribution in [0.15, 0.2) is 34.9 Å². The molecule has 0 amide bonds. The Balaban J connectivity index is 1.72. The molecule has 2 heterocycles. The molecule has 1 fully saturated rings. The van der Waals surface area contributed by atoms with Crippen molar-refractivity contribution in [2.45, 2.75) is 25.1 Å². The fourth-order valence-corrected chi connectivity index (χ4v) is 3.01. The minimum absolute atomic E-state index is 0.191. The Hall–Kier alpha value is -1.76. The zero-order chi connectivity index (χ0) is 16.2. The fraction of sp³-hybridized carbons (Fsp3) is 0.471. The summed E-state index contributed by atoms with van der Waals surface area (Å²) < 4.78 is 30.3. The van der Waals surface area contributed by atoms with Crippen molar-refractivity contribution < 1.29 is 18.3 Å². The van der Waals surface area contributed by atoms with Gasteiger partial charge >= 0.3 is 0 Å². The molecule has 0 unspecified atom stereocenters. The number of rotatable bonds is 6. The SMILES string of the molecule is COC[C@@H]1C[C@@H](OC)CN1Cc1ncc(-c2ccccc2F)o1. The lowest BCUT2D eigenvalue weighted by Gasteiger charge is -2.21. The van der Waals surface area contributed by atoms with E-state index in [1.807, 2.05) is 0 Å². The molecule has 124 valence electrons. The Labute approximate surface area is 135 Å². The predicted octanol–water partition coefficient (Wildman–Crippen LogP) is 2.72. The van der Waals surface area contributed by atoms with Crippen LogP contribution >= 0.6 is 0 Å². The first-order chi connectivity index (χ1) is 11.2. The molecule has 0 spiro atoms. The molecule has 0 bridgehead atoms. The van der Waals surface area contributed by atoms with Gasteiger partial charge in [-0.25, -0.2) is 9.37 Å². The van der Waals surface area contributed by atoms with Crippen molar-refractivity contribution in [3.8, 4) is 11.3 Å². The minimum Gasteiger partial charge on any atom is -0.439 e. The molecule has 1 saturated heterocycles. The van der Waals surface area contributed by atoms with E-state index in [4.69, 9.17) is 13.9 Å². The van der Waals surface area contributed by atoms with Crippen LogP contribution in [-0.2, 0) is 16.0 Å². The van der Waals surface area contributed by atoms with Crippen LogP contribution in [0, 0.1) is 5.82 Å². The van der Waals surface area contributed by atoms with Gasteiger partial charge in [-0.2, -0.15) is 0 Å². The van der Waals surface area contributed by atoms with Crippen LogP contribution in [0.4, 0.5) is 4.39 Å². The average Bonchev–Trinajstić information content (AvgIpc) is 3.16. The first-order valence-corrected chi connectivity index (χ1v) is 7.66. The highest BCUT2D eigenvalue weighted by Gasteiger charge is 2.32. The lowest BCUT2D eigenvalue weighted by atomic mass is 10.2. The standard InChI is InChI=1S/C17H21FN2O3/c1-21-11-12-7-13(22-2)9-20(12)10-17-19-8-16(23-17)14-5-3-4-6-15(14)18/h3-6,8,12-13H,7,9-11H2,1-2H3/t12-,13+/m0/s1. The molecule has 0 radical (unpaired) electrons.